The van der Waals surface area contributed by atoms with Crippen molar-refractivity contribution in [2.45, 2.75) is 6.92 Å². The van der Waals surface area contributed by atoms with Crippen molar-refractivity contribution < 1.29 is 19.8 Å². The Morgan fingerprint density at radius 1 is 0.742 bits per heavy atom. The molecule has 4 rings (SSSR count). The van der Waals surface area contributed by atoms with E-state index in [9.17, 15) is 9.59 Å². The first kappa shape index (κ1) is 21.5. The van der Waals surface area contributed by atoms with Crippen LogP contribution in [0.25, 0.3) is 33.2 Å². The SMILES string of the molecule is C/C(=C\c1ccc2ccccc2c1)C(=O)O.C=C(C(=O)O)c1cccc2ccccc12. The topological polar surface area (TPSA) is 74.6 Å². The Hall–Kier alpha value is -4.18. The summed E-state index contributed by atoms with van der Waals surface area (Å²) in [7, 11) is 0. The van der Waals surface area contributed by atoms with Gasteiger partial charge in [0, 0.05) is 5.57 Å². The van der Waals surface area contributed by atoms with E-state index in [1.165, 1.54) is 0 Å². The van der Waals surface area contributed by atoms with Crippen LogP contribution in [0.4, 0.5) is 0 Å². The van der Waals surface area contributed by atoms with Gasteiger partial charge < -0.3 is 10.2 Å². The van der Waals surface area contributed by atoms with E-state index >= 15 is 0 Å². The number of fused-ring (bicyclic) bond motifs is 2. The van der Waals surface area contributed by atoms with Crippen molar-refractivity contribution in [3.05, 3.63) is 108 Å². The second-order valence-corrected chi connectivity index (χ2v) is 7.05. The minimum absolute atomic E-state index is 0.131. The highest BCUT2D eigenvalue weighted by atomic mass is 16.4. The first-order chi connectivity index (χ1) is 14.9. The molecule has 0 unspecified atom stereocenters. The maximum atomic E-state index is 10.8. The molecule has 0 atom stereocenters. The third-order valence-electron chi connectivity index (χ3n) is 4.87. The maximum absolute atomic E-state index is 10.8. The maximum Gasteiger partial charge on any atom is 0.335 e. The standard InChI is InChI=1S/C14H12O2.C13H10O2/c1-10(14(15)16)8-11-6-7-12-4-2-3-5-13(12)9-11;1-9(13(14)15)11-8-4-6-10-5-2-3-7-12(10)11/h2-9H,1H3,(H,15,16);2-8H,1H2,(H,14,15)/b10-8+;. The van der Waals surface area contributed by atoms with E-state index in [1.54, 1.807) is 19.1 Å². The van der Waals surface area contributed by atoms with Gasteiger partial charge in [0.25, 0.3) is 0 Å². The minimum atomic E-state index is -0.980. The Bertz CT molecular complexity index is 1310. The van der Waals surface area contributed by atoms with E-state index in [-0.39, 0.29) is 5.57 Å². The molecule has 0 aliphatic heterocycles. The molecule has 0 aromatic heterocycles. The van der Waals surface area contributed by atoms with Gasteiger partial charge in [-0.1, -0.05) is 85.4 Å². The summed E-state index contributed by atoms with van der Waals surface area (Å²) in [5.41, 5.74) is 2.07. The Balaban J connectivity index is 0.000000176. The lowest BCUT2D eigenvalue weighted by Gasteiger charge is -2.05. The van der Waals surface area contributed by atoms with E-state index in [4.69, 9.17) is 10.2 Å². The average Bonchev–Trinajstić information content (AvgIpc) is 2.78. The largest absolute Gasteiger partial charge is 0.478 e. The van der Waals surface area contributed by atoms with Crippen molar-refractivity contribution in [3.63, 3.8) is 0 Å². The second kappa shape index (κ2) is 9.55. The van der Waals surface area contributed by atoms with Crippen LogP contribution in [-0.4, -0.2) is 22.2 Å². The highest BCUT2D eigenvalue weighted by Gasteiger charge is 2.09. The molecule has 4 aromatic rings. The van der Waals surface area contributed by atoms with Crippen LogP contribution in [0.2, 0.25) is 0 Å². The molecular formula is C27H22O4. The molecule has 0 fully saturated rings. The number of rotatable bonds is 4. The van der Waals surface area contributed by atoms with Crippen molar-refractivity contribution in [2.75, 3.05) is 0 Å². The summed E-state index contributed by atoms with van der Waals surface area (Å²) in [5, 5.41) is 21.9. The zero-order valence-corrected chi connectivity index (χ0v) is 17.1. The molecule has 154 valence electrons. The Labute approximate surface area is 180 Å². The Kier molecular flexibility index (Phi) is 6.63. The van der Waals surface area contributed by atoms with Gasteiger partial charge in [0.15, 0.2) is 0 Å². The van der Waals surface area contributed by atoms with Crippen LogP contribution in [0.5, 0.6) is 0 Å². The second-order valence-electron chi connectivity index (χ2n) is 7.05. The lowest BCUT2D eigenvalue weighted by Crippen LogP contribution is -1.98. The molecule has 0 spiro atoms. The van der Waals surface area contributed by atoms with Gasteiger partial charge in [-0.2, -0.15) is 0 Å². The zero-order valence-electron chi connectivity index (χ0n) is 17.1. The lowest BCUT2D eigenvalue weighted by molar-refractivity contribution is -0.132. The summed E-state index contributed by atoms with van der Waals surface area (Å²) in [6.45, 7) is 5.17. The average molecular weight is 410 g/mol. The van der Waals surface area contributed by atoms with Crippen molar-refractivity contribution in [1.29, 1.82) is 0 Å². The van der Waals surface area contributed by atoms with Gasteiger partial charge in [0.05, 0.1) is 5.57 Å². The van der Waals surface area contributed by atoms with Crippen LogP contribution in [-0.2, 0) is 9.59 Å². The normalized spacial score (nSPS) is 10.9. The molecule has 0 amide bonds. The molecule has 0 saturated heterocycles. The summed E-state index contributed by atoms with van der Waals surface area (Å²) in [4.78, 5) is 21.5. The molecule has 0 aliphatic rings. The van der Waals surface area contributed by atoms with Crippen LogP contribution >= 0.6 is 0 Å². The van der Waals surface area contributed by atoms with Crippen molar-refractivity contribution in [2.24, 2.45) is 0 Å². The number of carboxylic acid groups (broad SMARTS) is 2. The lowest BCUT2D eigenvalue weighted by atomic mass is 9.99. The minimum Gasteiger partial charge on any atom is -0.478 e. The highest BCUT2D eigenvalue weighted by molar-refractivity contribution is 6.18. The molecule has 0 saturated carbocycles. The van der Waals surface area contributed by atoms with Crippen LogP contribution in [0, 0.1) is 0 Å². The molecular weight excluding hydrogens is 388 g/mol. The number of hydrogen-bond acceptors (Lipinski definition) is 2. The number of aliphatic carboxylic acids is 2. The first-order valence-corrected chi connectivity index (χ1v) is 9.67. The predicted octanol–water partition coefficient (Wildman–Crippen LogP) is 6.27. The van der Waals surface area contributed by atoms with Crippen LogP contribution in [0.3, 0.4) is 0 Å². The van der Waals surface area contributed by atoms with E-state index in [2.05, 4.69) is 6.58 Å². The Morgan fingerprint density at radius 3 is 2.03 bits per heavy atom. The number of hydrogen-bond donors (Lipinski definition) is 2. The molecule has 4 aromatic carbocycles. The van der Waals surface area contributed by atoms with Gasteiger partial charge >= 0.3 is 11.9 Å². The zero-order chi connectivity index (χ0) is 22.4. The highest BCUT2D eigenvalue weighted by Crippen LogP contribution is 2.24. The molecule has 31 heavy (non-hydrogen) atoms. The number of carboxylic acids is 2. The molecule has 0 heterocycles. The molecule has 0 bridgehead atoms. The van der Waals surface area contributed by atoms with Crippen molar-refractivity contribution in [1.82, 2.24) is 0 Å². The van der Waals surface area contributed by atoms with Gasteiger partial charge in [-0.25, -0.2) is 9.59 Å². The number of carbonyl (C=O) groups is 2. The third-order valence-corrected chi connectivity index (χ3v) is 4.87. The monoisotopic (exact) mass is 410 g/mol. The summed E-state index contributed by atoms with van der Waals surface area (Å²) < 4.78 is 0. The fraction of sp³-hybridized carbons (Fsp3) is 0.0370. The van der Waals surface area contributed by atoms with Crippen LogP contribution < -0.4 is 0 Å². The van der Waals surface area contributed by atoms with Gasteiger partial charge in [-0.15, -0.1) is 0 Å². The quantitative estimate of drug-likeness (QED) is 0.389. The van der Waals surface area contributed by atoms with Gasteiger partial charge in [0.1, 0.15) is 0 Å². The van der Waals surface area contributed by atoms with Crippen LogP contribution in [0.15, 0.2) is 97.1 Å². The van der Waals surface area contributed by atoms with E-state index in [1.807, 2.05) is 78.9 Å². The third kappa shape index (κ3) is 5.25. The fourth-order valence-electron chi connectivity index (χ4n) is 3.21. The van der Waals surface area contributed by atoms with Gasteiger partial charge in [0.2, 0.25) is 0 Å². The van der Waals surface area contributed by atoms with E-state index < -0.39 is 11.9 Å². The molecule has 2 N–H and O–H groups in total. The smallest absolute Gasteiger partial charge is 0.335 e. The fourth-order valence-corrected chi connectivity index (χ4v) is 3.21. The van der Waals surface area contributed by atoms with Gasteiger partial charge in [-0.05, 0) is 51.7 Å². The first-order valence-electron chi connectivity index (χ1n) is 9.67. The molecule has 0 aliphatic carbocycles. The Morgan fingerprint density at radius 2 is 1.35 bits per heavy atom. The summed E-state index contributed by atoms with van der Waals surface area (Å²) in [5.74, 6) is -1.86. The molecule has 0 radical (unpaired) electrons. The number of benzene rings is 4. The molecule has 4 heteroatoms. The van der Waals surface area contributed by atoms with E-state index in [0.29, 0.717) is 11.1 Å². The van der Waals surface area contributed by atoms with E-state index in [0.717, 1.165) is 27.1 Å². The summed E-state index contributed by atoms with van der Waals surface area (Å²) in [6, 6.07) is 27.2. The van der Waals surface area contributed by atoms with Gasteiger partial charge in [-0.3, -0.25) is 0 Å². The van der Waals surface area contributed by atoms with Crippen molar-refractivity contribution in [3.8, 4) is 0 Å². The van der Waals surface area contributed by atoms with Crippen molar-refractivity contribution >= 4 is 45.1 Å². The van der Waals surface area contributed by atoms with Crippen LogP contribution in [0.1, 0.15) is 18.1 Å². The predicted molar refractivity (Wildman–Crippen MR) is 126 cm³/mol. The summed E-state index contributed by atoms with van der Waals surface area (Å²) >= 11 is 0. The summed E-state index contributed by atoms with van der Waals surface area (Å²) in [6.07, 6.45) is 1.68. The molecule has 4 nitrogen and oxygen atoms in total.